The van der Waals surface area contributed by atoms with Crippen LogP contribution in [0.25, 0.3) is 0 Å². The molecule has 0 aromatic heterocycles. The Kier molecular flexibility index (Phi) is 5.45. The molecular formula is C13H21N2O3+. The third-order valence-corrected chi connectivity index (χ3v) is 2.56. The predicted octanol–water partition coefficient (Wildman–Crippen LogP) is -0.422. The molecule has 1 aromatic rings. The van der Waals surface area contributed by atoms with Crippen molar-refractivity contribution in [1.82, 2.24) is 5.32 Å². The lowest BCUT2D eigenvalue weighted by atomic mass is 10.2. The van der Waals surface area contributed by atoms with Crippen LogP contribution in [0.4, 0.5) is 0 Å². The molecule has 0 aliphatic rings. The van der Waals surface area contributed by atoms with Crippen LogP contribution >= 0.6 is 0 Å². The van der Waals surface area contributed by atoms with Crippen molar-refractivity contribution in [3.63, 3.8) is 0 Å². The summed E-state index contributed by atoms with van der Waals surface area (Å²) in [6.45, 7) is 1.54. The zero-order valence-corrected chi connectivity index (χ0v) is 11.4. The Morgan fingerprint density at radius 2 is 1.89 bits per heavy atom. The van der Waals surface area contributed by atoms with Crippen molar-refractivity contribution in [2.24, 2.45) is 0 Å². The Balaban J connectivity index is 2.68. The number of quaternary nitrogens is 1. The van der Waals surface area contributed by atoms with E-state index < -0.39 is 0 Å². The minimum atomic E-state index is -0.0998. The van der Waals surface area contributed by atoms with Crippen LogP contribution in [0.15, 0.2) is 18.2 Å². The molecule has 1 rings (SSSR count). The molecule has 0 aliphatic heterocycles. The van der Waals surface area contributed by atoms with Crippen molar-refractivity contribution in [3.8, 4) is 11.5 Å². The minimum Gasteiger partial charge on any atom is -0.493 e. The van der Waals surface area contributed by atoms with E-state index in [4.69, 9.17) is 9.47 Å². The first-order valence-electron chi connectivity index (χ1n) is 5.87. The molecule has 0 atom stereocenters. The van der Waals surface area contributed by atoms with Gasteiger partial charge in [0.05, 0.1) is 41.4 Å². The molecule has 1 aromatic carbocycles. The number of ether oxygens (including phenoxy) is 2. The Morgan fingerprint density at radius 3 is 2.44 bits per heavy atom. The maximum Gasteiger partial charge on any atom is 0.251 e. The largest absolute Gasteiger partial charge is 0.493 e. The van der Waals surface area contributed by atoms with E-state index >= 15 is 0 Å². The van der Waals surface area contributed by atoms with Crippen molar-refractivity contribution >= 4 is 5.91 Å². The number of methoxy groups -OCH3 is 2. The average Bonchev–Trinajstić information content (AvgIpc) is 2.37. The first kappa shape index (κ1) is 14.3. The molecule has 0 unspecified atom stereocenters. The zero-order valence-electron chi connectivity index (χ0n) is 11.4. The van der Waals surface area contributed by atoms with Crippen LogP contribution in [0.2, 0.25) is 0 Å². The van der Waals surface area contributed by atoms with Crippen molar-refractivity contribution in [3.05, 3.63) is 23.8 Å². The maximum absolute atomic E-state index is 11.9. The smallest absolute Gasteiger partial charge is 0.251 e. The number of carbonyl (C=O) groups is 1. The van der Waals surface area contributed by atoms with Crippen LogP contribution in [0.3, 0.4) is 0 Å². The number of hydrogen-bond donors (Lipinski definition) is 2. The minimum absolute atomic E-state index is 0.0998. The molecular weight excluding hydrogens is 232 g/mol. The van der Waals surface area contributed by atoms with E-state index in [2.05, 4.69) is 5.32 Å². The van der Waals surface area contributed by atoms with Gasteiger partial charge in [-0.1, -0.05) is 0 Å². The molecule has 5 heteroatoms. The van der Waals surface area contributed by atoms with Gasteiger partial charge in [-0.15, -0.1) is 0 Å². The molecule has 1 amide bonds. The van der Waals surface area contributed by atoms with Crippen LogP contribution in [0, 0.1) is 0 Å². The second-order valence-electron chi connectivity index (χ2n) is 4.28. The molecule has 0 saturated heterocycles. The van der Waals surface area contributed by atoms with Gasteiger partial charge in [-0.3, -0.25) is 4.79 Å². The van der Waals surface area contributed by atoms with Gasteiger partial charge in [0.2, 0.25) is 0 Å². The standard InChI is InChI=1S/C13H20N2O3/c1-15(2)8-7-14-13(16)10-5-6-11(17-3)12(9-10)18-4/h5-6,9H,7-8H2,1-4H3,(H,14,16)/p+1. The number of amides is 1. The Bertz CT molecular complexity index is 405. The summed E-state index contributed by atoms with van der Waals surface area (Å²) in [6, 6.07) is 5.13. The van der Waals surface area contributed by atoms with Crippen molar-refractivity contribution in [2.45, 2.75) is 0 Å². The molecule has 0 fully saturated rings. The van der Waals surface area contributed by atoms with E-state index in [0.29, 0.717) is 23.6 Å². The highest BCUT2D eigenvalue weighted by molar-refractivity contribution is 5.94. The maximum atomic E-state index is 11.9. The van der Waals surface area contributed by atoms with Crippen LogP contribution in [0.1, 0.15) is 10.4 Å². The normalized spacial score (nSPS) is 10.3. The van der Waals surface area contributed by atoms with Crippen molar-refractivity contribution in [1.29, 1.82) is 0 Å². The van der Waals surface area contributed by atoms with Gasteiger partial charge >= 0.3 is 0 Å². The highest BCUT2D eigenvalue weighted by Gasteiger charge is 2.10. The summed E-state index contributed by atoms with van der Waals surface area (Å²) >= 11 is 0. The van der Waals surface area contributed by atoms with E-state index in [9.17, 15) is 4.79 Å². The van der Waals surface area contributed by atoms with Crippen molar-refractivity contribution in [2.75, 3.05) is 41.4 Å². The number of rotatable bonds is 6. The second-order valence-corrected chi connectivity index (χ2v) is 4.28. The highest BCUT2D eigenvalue weighted by atomic mass is 16.5. The molecule has 0 spiro atoms. The van der Waals surface area contributed by atoms with Gasteiger partial charge in [0.15, 0.2) is 11.5 Å². The van der Waals surface area contributed by atoms with Gasteiger partial charge < -0.3 is 19.7 Å². The van der Waals surface area contributed by atoms with Gasteiger partial charge in [-0.25, -0.2) is 0 Å². The van der Waals surface area contributed by atoms with E-state index in [0.717, 1.165) is 6.54 Å². The monoisotopic (exact) mass is 253 g/mol. The topological polar surface area (TPSA) is 52.0 Å². The summed E-state index contributed by atoms with van der Waals surface area (Å²) in [5.74, 6) is 1.08. The van der Waals surface area contributed by atoms with Crippen LogP contribution in [0.5, 0.6) is 11.5 Å². The average molecular weight is 253 g/mol. The van der Waals surface area contributed by atoms with Crippen molar-refractivity contribution < 1.29 is 19.2 Å². The highest BCUT2D eigenvalue weighted by Crippen LogP contribution is 2.27. The fourth-order valence-corrected chi connectivity index (χ4v) is 1.51. The molecule has 18 heavy (non-hydrogen) atoms. The molecule has 0 saturated carbocycles. The van der Waals surface area contributed by atoms with Gasteiger partial charge in [0.25, 0.3) is 5.91 Å². The Hall–Kier alpha value is -1.75. The molecule has 0 bridgehead atoms. The van der Waals surface area contributed by atoms with Crippen LogP contribution in [-0.2, 0) is 0 Å². The van der Waals surface area contributed by atoms with Crippen LogP contribution in [-0.4, -0.2) is 47.3 Å². The molecule has 100 valence electrons. The van der Waals surface area contributed by atoms with Gasteiger partial charge in [-0.2, -0.15) is 0 Å². The quantitative estimate of drug-likeness (QED) is 0.724. The molecule has 0 heterocycles. The van der Waals surface area contributed by atoms with E-state index in [1.165, 1.54) is 4.90 Å². The summed E-state index contributed by atoms with van der Waals surface area (Å²) in [6.07, 6.45) is 0. The summed E-state index contributed by atoms with van der Waals surface area (Å²) < 4.78 is 10.3. The zero-order chi connectivity index (χ0) is 13.5. The van der Waals surface area contributed by atoms with E-state index in [1.807, 2.05) is 14.1 Å². The first-order valence-corrected chi connectivity index (χ1v) is 5.87. The summed E-state index contributed by atoms with van der Waals surface area (Å²) in [5.41, 5.74) is 0.571. The van der Waals surface area contributed by atoms with Gasteiger partial charge in [0, 0.05) is 5.56 Å². The summed E-state index contributed by atoms with van der Waals surface area (Å²) in [7, 11) is 7.21. The SMILES string of the molecule is COc1ccc(C(=O)NCC[NH+](C)C)cc1OC. The molecule has 2 N–H and O–H groups in total. The molecule has 5 nitrogen and oxygen atoms in total. The van der Waals surface area contributed by atoms with Gasteiger partial charge in [0.1, 0.15) is 0 Å². The Labute approximate surface area is 108 Å². The lowest BCUT2D eigenvalue weighted by Crippen LogP contribution is -3.06. The van der Waals surface area contributed by atoms with Gasteiger partial charge in [-0.05, 0) is 18.2 Å². The molecule has 0 radical (unpaired) electrons. The van der Waals surface area contributed by atoms with E-state index in [-0.39, 0.29) is 5.91 Å². The van der Waals surface area contributed by atoms with Crippen LogP contribution < -0.4 is 19.7 Å². The second kappa shape index (κ2) is 6.86. The fraction of sp³-hybridized carbons (Fsp3) is 0.462. The lowest BCUT2D eigenvalue weighted by Gasteiger charge is -2.11. The number of benzene rings is 1. The number of likely N-dealkylation sites (N-methyl/N-ethyl adjacent to an activating group) is 1. The Morgan fingerprint density at radius 1 is 1.22 bits per heavy atom. The summed E-state index contributed by atoms with van der Waals surface area (Å²) in [4.78, 5) is 13.2. The third kappa shape index (κ3) is 3.92. The number of nitrogens with one attached hydrogen (secondary N) is 2. The predicted molar refractivity (Wildman–Crippen MR) is 69.6 cm³/mol. The fourth-order valence-electron chi connectivity index (χ4n) is 1.51. The third-order valence-electron chi connectivity index (χ3n) is 2.56. The number of carbonyl (C=O) groups excluding carboxylic acids is 1. The lowest BCUT2D eigenvalue weighted by molar-refractivity contribution is -0.856. The molecule has 0 aliphatic carbocycles. The first-order chi connectivity index (χ1) is 8.58. The number of hydrogen-bond acceptors (Lipinski definition) is 3. The summed E-state index contributed by atoms with van der Waals surface area (Å²) in [5, 5.41) is 2.86. The van der Waals surface area contributed by atoms with E-state index in [1.54, 1.807) is 32.4 Å².